The summed E-state index contributed by atoms with van der Waals surface area (Å²) >= 11 is 0. The van der Waals surface area contributed by atoms with Crippen molar-refractivity contribution in [1.82, 2.24) is 15.1 Å². The van der Waals surface area contributed by atoms with E-state index in [1.807, 2.05) is 4.90 Å². The number of carbonyl (C=O) groups is 2. The molecule has 1 aliphatic heterocycles. The highest BCUT2D eigenvalue weighted by molar-refractivity contribution is 5.99. The molecule has 1 aromatic carbocycles. The molecule has 1 aliphatic carbocycles. The molecule has 0 atom stereocenters. The van der Waals surface area contributed by atoms with Gasteiger partial charge in [0.05, 0.1) is 0 Å². The molecule has 2 amide bonds. The molecule has 0 spiro atoms. The van der Waals surface area contributed by atoms with Crippen LogP contribution in [0.4, 0.5) is 0 Å². The van der Waals surface area contributed by atoms with Crippen LogP contribution in [-0.4, -0.2) is 60.9 Å². The van der Waals surface area contributed by atoms with E-state index >= 15 is 0 Å². The first kappa shape index (κ1) is 17.0. The smallest absolute Gasteiger partial charge is 0.253 e. The second-order valence-electron chi connectivity index (χ2n) is 6.98. The monoisotopic (exact) mass is 329 g/mol. The highest BCUT2D eigenvalue weighted by Gasteiger charge is 2.22. The molecule has 0 unspecified atom stereocenters. The van der Waals surface area contributed by atoms with Gasteiger partial charge in [-0.15, -0.1) is 0 Å². The summed E-state index contributed by atoms with van der Waals surface area (Å²) in [7, 11) is 2.07. The maximum atomic E-state index is 12.6. The number of hydrogen-bond donors (Lipinski definition) is 1. The van der Waals surface area contributed by atoms with E-state index in [-0.39, 0.29) is 17.9 Å². The fourth-order valence-corrected chi connectivity index (χ4v) is 3.50. The molecule has 1 saturated heterocycles. The number of hydrogen-bond acceptors (Lipinski definition) is 3. The predicted octanol–water partition coefficient (Wildman–Crippen LogP) is 2.14. The number of rotatable bonds is 3. The van der Waals surface area contributed by atoms with E-state index in [1.54, 1.807) is 24.3 Å². The number of nitrogens with zero attached hydrogens (tertiary/aromatic N) is 2. The normalized spacial score (nSPS) is 20.0. The van der Waals surface area contributed by atoms with Crippen molar-refractivity contribution in [2.75, 3.05) is 33.2 Å². The molecule has 3 rings (SSSR count). The summed E-state index contributed by atoms with van der Waals surface area (Å²) in [6.45, 7) is 3.28. The number of carbonyl (C=O) groups excluding carboxylic acids is 2. The van der Waals surface area contributed by atoms with Gasteiger partial charge >= 0.3 is 0 Å². The number of amides is 2. The van der Waals surface area contributed by atoms with Crippen molar-refractivity contribution in [3.63, 3.8) is 0 Å². The third-order valence-electron chi connectivity index (χ3n) is 5.10. The van der Waals surface area contributed by atoms with Gasteiger partial charge in [-0.1, -0.05) is 25.3 Å². The van der Waals surface area contributed by atoms with Gasteiger partial charge < -0.3 is 15.1 Å². The molecule has 1 saturated carbocycles. The molecule has 24 heavy (non-hydrogen) atoms. The predicted molar refractivity (Wildman–Crippen MR) is 94.2 cm³/mol. The van der Waals surface area contributed by atoms with E-state index in [0.29, 0.717) is 11.1 Å². The molecule has 1 heterocycles. The second kappa shape index (κ2) is 7.79. The summed E-state index contributed by atoms with van der Waals surface area (Å²) < 4.78 is 0. The van der Waals surface area contributed by atoms with Gasteiger partial charge in [0.25, 0.3) is 11.8 Å². The zero-order chi connectivity index (χ0) is 16.9. The van der Waals surface area contributed by atoms with Gasteiger partial charge in [0.2, 0.25) is 0 Å². The van der Waals surface area contributed by atoms with Gasteiger partial charge in [0, 0.05) is 43.3 Å². The number of piperazine rings is 1. The van der Waals surface area contributed by atoms with Crippen LogP contribution in [0, 0.1) is 0 Å². The summed E-state index contributed by atoms with van der Waals surface area (Å²) in [5, 5.41) is 3.12. The zero-order valence-corrected chi connectivity index (χ0v) is 14.5. The number of benzene rings is 1. The first-order valence-corrected chi connectivity index (χ1v) is 9.02. The molecule has 1 N–H and O–H groups in total. The van der Waals surface area contributed by atoms with Crippen molar-refractivity contribution in [3.8, 4) is 0 Å². The average molecular weight is 329 g/mol. The molecule has 2 aliphatic rings. The van der Waals surface area contributed by atoms with Crippen LogP contribution in [0.3, 0.4) is 0 Å². The number of likely N-dealkylation sites (N-methyl/N-ethyl adjacent to an activating group) is 1. The van der Waals surface area contributed by atoms with Gasteiger partial charge in [-0.05, 0) is 38.1 Å². The standard InChI is InChI=1S/C19H27N3O2/c1-21-10-12-22(13-11-21)19(24)16-7-5-6-15(14-16)18(23)20-17-8-3-2-4-9-17/h5-7,14,17H,2-4,8-13H2,1H3,(H,20,23). The summed E-state index contributed by atoms with van der Waals surface area (Å²) in [4.78, 5) is 29.2. The van der Waals surface area contributed by atoms with Crippen molar-refractivity contribution in [3.05, 3.63) is 35.4 Å². The van der Waals surface area contributed by atoms with Crippen LogP contribution < -0.4 is 5.32 Å². The minimum atomic E-state index is -0.0603. The minimum absolute atomic E-state index is 0.0235. The van der Waals surface area contributed by atoms with Crippen LogP contribution >= 0.6 is 0 Å². The van der Waals surface area contributed by atoms with Gasteiger partial charge in [-0.3, -0.25) is 9.59 Å². The molecule has 5 heteroatoms. The Balaban J connectivity index is 1.64. The maximum Gasteiger partial charge on any atom is 0.253 e. The fraction of sp³-hybridized carbons (Fsp3) is 0.579. The molecule has 1 aromatic rings. The third kappa shape index (κ3) is 4.15. The van der Waals surface area contributed by atoms with E-state index < -0.39 is 0 Å². The lowest BCUT2D eigenvalue weighted by Gasteiger charge is -2.32. The van der Waals surface area contributed by atoms with Gasteiger partial charge in [-0.25, -0.2) is 0 Å². The van der Waals surface area contributed by atoms with E-state index in [1.165, 1.54) is 19.3 Å². The van der Waals surface area contributed by atoms with Crippen LogP contribution in [0.2, 0.25) is 0 Å². The van der Waals surface area contributed by atoms with Crippen molar-refractivity contribution in [2.45, 2.75) is 38.1 Å². The van der Waals surface area contributed by atoms with Crippen molar-refractivity contribution >= 4 is 11.8 Å². The maximum absolute atomic E-state index is 12.6. The molecule has 0 bridgehead atoms. The largest absolute Gasteiger partial charge is 0.349 e. The molecule has 2 fully saturated rings. The Morgan fingerprint density at radius 2 is 1.67 bits per heavy atom. The average Bonchev–Trinajstić information content (AvgIpc) is 2.63. The van der Waals surface area contributed by atoms with Crippen molar-refractivity contribution < 1.29 is 9.59 Å². The topological polar surface area (TPSA) is 52.7 Å². The Hall–Kier alpha value is -1.88. The summed E-state index contributed by atoms with van der Waals surface area (Å²) in [5.41, 5.74) is 1.19. The van der Waals surface area contributed by atoms with Gasteiger partial charge in [0.1, 0.15) is 0 Å². The lowest BCUT2D eigenvalue weighted by molar-refractivity contribution is 0.0664. The zero-order valence-electron chi connectivity index (χ0n) is 14.5. The Morgan fingerprint density at radius 3 is 2.38 bits per heavy atom. The lowest BCUT2D eigenvalue weighted by Crippen LogP contribution is -2.47. The third-order valence-corrected chi connectivity index (χ3v) is 5.10. The van der Waals surface area contributed by atoms with Gasteiger partial charge in [0.15, 0.2) is 0 Å². The van der Waals surface area contributed by atoms with Crippen LogP contribution in [0.5, 0.6) is 0 Å². The van der Waals surface area contributed by atoms with E-state index in [0.717, 1.165) is 39.0 Å². The van der Waals surface area contributed by atoms with Crippen molar-refractivity contribution in [1.29, 1.82) is 0 Å². The minimum Gasteiger partial charge on any atom is -0.349 e. The van der Waals surface area contributed by atoms with Crippen LogP contribution in [0.25, 0.3) is 0 Å². The summed E-state index contributed by atoms with van der Waals surface area (Å²) in [6.07, 6.45) is 5.76. The molecule has 5 nitrogen and oxygen atoms in total. The Bertz CT molecular complexity index is 588. The van der Waals surface area contributed by atoms with E-state index in [2.05, 4.69) is 17.3 Å². The highest BCUT2D eigenvalue weighted by atomic mass is 16.2. The van der Waals surface area contributed by atoms with Crippen LogP contribution in [-0.2, 0) is 0 Å². The lowest BCUT2D eigenvalue weighted by atomic mass is 9.95. The van der Waals surface area contributed by atoms with Crippen LogP contribution in [0.15, 0.2) is 24.3 Å². The van der Waals surface area contributed by atoms with Crippen molar-refractivity contribution in [2.24, 2.45) is 0 Å². The first-order valence-electron chi connectivity index (χ1n) is 9.02. The first-order chi connectivity index (χ1) is 11.6. The Morgan fingerprint density at radius 1 is 1.00 bits per heavy atom. The molecular weight excluding hydrogens is 302 g/mol. The fourth-order valence-electron chi connectivity index (χ4n) is 3.50. The molecular formula is C19H27N3O2. The highest BCUT2D eigenvalue weighted by Crippen LogP contribution is 2.18. The van der Waals surface area contributed by atoms with Crippen LogP contribution in [0.1, 0.15) is 52.8 Å². The Kier molecular flexibility index (Phi) is 5.51. The Labute approximate surface area is 144 Å². The van der Waals surface area contributed by atoms with Gasteiger partial charge in [-0.2, -0.15) is 0 Å². The SMILES string of the molecule is CN1CCN(C(=O)c2cccc(C(=O)NC3CCCCC3)c2)CC1. The molecule has 130 valence electrons. The molecule has 0 radical (unpaired) electrons. The quantitative estimate of drug-likeness (QED) is 0.924. The van der Waals surface area contributed by atoms with E-state index in [9.17, 15) is 9.59 Å². The number of nitrogens with one attached hydrogen (secondary N) is 1. The second-order valence-corrected chi connectivity index (χ2v) is 6.98. The molecule has 0 aromatic heterocycles. The summed E-state index contributed by atoms with van der Waals surface area (Å²) in [5.74, 6) is -0.0367. The summed E-state index contributed by atoms with van der Waals surface area (Å²) in [6, 6.07) is 7.41. The van der Waals surface area contributed by atoms with E-state index in [4.69, 9.17) is 0 Å².